The van der Waals surface area contributed by atoms with Crippen molar-refractivity contribution in [1.82, 2.24) is 0 Å². The monoisotopic (exact) mass is 220 g/mol. The Bertz CT molecular complexity index is 502. The first-order valence-electron chi connectivity index (χ1n) is 4.46. The first-order valence-corrected chi connectivity index (χ1v) is 4.46. The fraction of sp³-hybridized carbons (Fsp3) is 0.200. The molecule has 0 heterocycles. The smallest absolute Gasteiger partial charge is 0.337 e. The highest BCUT2D eigenvalue weighted by molar-refractivity contribution is 5.94. The highest BCUT2D eigenvalue weighted by atomic mass is 16.6. The average molecular weight is 220 g/mol. The molecule has 0 atom stereocenters. The lowest BCUT2D eigenvalue weighted by Crippen LogP contribution is -2.07. The van der Waals surface area contributed by atoms with Gasteiger partial charge < -0.3 is 5.11 Å². The Morgan fingerprint density at radius 2 is 2.25 bits per heavy atom. The largest absolute Gasteiger partial charge is 0.478 e. The fourth-order valence-corrected chi connectivity index (χ4v) is 1.44. The zero-order valence-corrected chi connectivity index (χ0v) is 8.43. The maximum absolute atomic E-state index is 11.0. The standard InChI is InChI=1S/C10H8N2O4/c1-2-6-3-4-8(12(15)16)7(5-11)9(6)10(13)14/h3-4H,2H2,1H3,(H,13,14). The van der Waals surface area contributed by atoms with Crippen LogP contribution in [0.5, 0.6) is 0 Å². The van der Waals surface area contributed by atoms with Crippen molar-refractivity contribution < 1.29 is 14.8 Å². The zero-order valence-electron chi connectivity index (χ0n) is 8.43. The highest BCUT2D eigenvalue weighted by Gasteiger charge is 2.24. The van der Waals surface area contributed by atoms with E-state index in [0.29, 0.717) is 12.0 Å². The van der Waals surface area contributed by atoms with E-state index in [-0.39, 0.29) is 5.56 Å². The quantitative estimate of drug-likeness (QED) is 0.616. The molecule has 82 valence electrons. The maximum atomic E-state index is 11.0. The van der Waals surface area contributed by atoms with Gasteiger partial charge in [-0.15, -0.1) is 0 Å². The number of rotatable bonds is 3. The molecule has 0 bridgehead atoms. The first-order chi connectivity index (χ1) is 7.52. The first kappa shape index (κ1) is 11.7. The molecule has 1 aromatic rings. The molecular weight excluding hydrogens is 212 g/mol. The molecule has 16 heavy (non-hydrogen) atoms. The summed E-state index contributed by atoms with van der Waals surface area (Å²) in [7, 11) is 0. The van der Waals surface area contributed by atoms with E-state index in [0.717, 1.165) is 6.07 Å². The molecule has 0 aliphatic carbocycles. The van der Waals surface area contributed by atoms with E-state index in [1.165, 1.54) is 6.07 Å². The number of aryl methyl sites for hydroxylation is 1. The van der Waals surface area contributed by atoms with E-state index in [1.54, 1.807) is 13.0 Å². The molecule has 6 nitrogen and oxygen atoms in total. The number of benzene rings is 1. The minimum atomic E-state index is -1.32. The normalized spacial score (nSPS) is 9.50. The van der Waals surface area contributed by atoms with E-state index in [9.17, 15) is 14.9 Å². The van der Waals surface area contributed by atoms with Crippen molar-refractivity contribution in [2.45, 2.75) is 13.3 Å². The van der Waals surface area contributed by atoms with Gasteiger partial charge in [0.15, 0.2) is 0 Å². The second-order valence-electron chi connectivity index (χ2n) is 3.02. The Hall–Kier alpha value is -2.42. The van der Waals surface area contributed by atoms with Gasteiger partial charge in [0.05, 0.1) is 10.5 Å². The molecule has 0 saturated heterocycles. The van der Waals surface area contributed by atoms with Crippen LogP contribution in [0.2, 0.25) is 0 Å². The lowest BCUT2D eigenvalue weighted by molar-refractivity contribution is -0.385. The number of carbonyl (C=O) groups is 1. The number of nitrogens with zero attached hydrogens (tertiary/aromatic N) is 2. The Morgan fingerprint density at radius 3 is 2.62 bits per heavy atom. The maximum Gasteiger partial charge on any atom is 0.337 e. The summed E-state index contributed by atoms with van der Waals surface area (Å²) < 4.78 is 0. The van der Waals surface area contributed by atoms with Crippen LogP contribution in [0.15, 0.2) is 12.1 Å². The molecule has 1 rings (SSSR count). The molecule has 0 aromatic heterocycles. The third kappa shape index (κ3) is 1.83. The Balaban J connectivity index is 3.64. The van der Waals surface area contributed by atoms with Crippen LogP contribution in [0.1, 0.15) is 28.4 Å². The average Bonchev–Trinajstić information content (AvgIpc) is 2.26. The number of nitro groups is 1. The summed E-state index contributed by atoms with van der Waals surface area (Å²) in [6, 6.07) is 4.10. The van der Waals surface area contributed by atoms with Crippen LogP contribution in [0.25, 0.3) is 0 Å². The molecule has 1 aromatic carbocycles. The topological polar surface area (TPSA) is 104 Å². The van der Waals surface area contributed by atoms with E-state index in [4.69, 9.17) is 10.4 Å². The van der Waals surface area contributed by atoms with Gasteiger partial charge >= 0.3 is 5.97 Å². The number of carboxylic acids is 1. The molecule has 0 amide bonds. The third-order valence-electron chi connectivity index (χ3n) is 2.17. The SMILES string of the molecule is CCc1ccc([N+](=O)[O-])c(C#N)c1C(=O)O. The van der Waals surface area contributed by atoms with E-state index >= 15 is 0 Å². The van der Waals surface area contributed by atoms with Gasteiger partial charge in [-0.05, 0) is 12.0 Å². The fourth-order valence-electron chi connectivity index (χ4n) is 1.44. The number of aromatic carboxylic acids is 1. The van der Waals surface area contributed by atoms with Gasteiger partial charge in [0, 0.05) is 6.07 Å². The van der Waals surface area contributed by atoms with Crippen LogP contribution in [0.3, 0.4) is 0 Å². The molecule has 0 spiro atoms. The summed E-state index contributed by atoms with van der Waals surface area (Å²) in [6.45, 7) is 1.72. The van der Waals surface area contributed by atoms with Gasteiger partial charge in [-0.3, -0.25) is 10.1 Å². The van der Waals surface area contributed by atoms with Crippen LogP contribution in [-0.2, 0) is 6.42 Å². The summed E-state index contributed by atoms with van der Waals surface area (Å²) in [5.74, 6) is -1.32. The van der Waals surface area contributed by atoms with Crippen molar-refractivity contribution in [1.29, 1.82) is 5.26 Å². The number of hydrogen-bond donors (Lipinski definition) is 1. The van der Waals surface area contributed by atoms with Crippen molar-refractivity contribution in [2.24, 2.45) is 0 Å². The lowest BCUT2D eigenvalue weighted by Gasteiger charge is -2.05. The molecule has 0 aliphatic heterocycles. The van der Waals surface area contributed by atoms with Gasteiger partial charge in [0.25, 0.3) is 5.69 Å². The number of hydrogen-bond acceptors (Lipinski definition) is 4. The lowest BCUT2D eigenvalue weighted by atomic mass is 9.98. The van der Waals surface area contributed by atoms with Crippen LogP contribution in [-0.4, -0.2) is 16.0 Å². The predicted octanol–water partition coefficient (Wildman–Crippen LogP) is 1.73. The number of nitriles is 1. The molecule has 0 unspecified atom stereocenters. The van der Waals surface area contributed by atoms with Gasteiger partial charge in [-0.25, -0.2) is 4.79 Å². The Labute approximate surface area is 90.9 Å². The number of nitro benzene ring substituents is 1. The molecule has 0 fully saturated rings. The minimum Gasteiger partial charge on any atom is -0.478 e. The summed E-state index contributed by atoms with van der Waals surface area (Å²) in [4.78, 5) is 20.8. The molecule has 0 saturated carbocycles. The van der Waals surface area contributed by atoms with Crippen molar-refractivity contribution in [3.8, 4) is 6.07 Å². The molecule has 0 radical (unpaired) electrons. The van der Waals surface area contributed by atoms with Crippen LogP contribution in [0, 0.1) is 21.4 Å². The van der Waals surface area contributed by atoms with Crippen LogP contribution >= 0.6 is 0 Å². The Morgan fingerprint density at radius 1 is 1.62 bits per heavy atom. The van der Waals surface area contributed by atoms with Crippen molar-refractivity contribution in [3.63, 3.8) is 0 Å². The van der Waals surface area contributed by atoms with E-state index in [1.807, 2.05) is 0 Å². The van der Waals surface area contributed by atoms with E-state index < -0.39 is 22.1 Å². The minimum absolute atomic E-state index is 0.279. The number of carboxylic acid groups (broad SMARTS) is 1. The van der Waals surface area contributed by atoms with Gasteiger partial charge in [-0.2, -0.15) is 5.26 Å². The van der Waals surface area contributed by atoms with Crippen LogP contribution < -0.4 is 0 Å². The summed E-state index contributed by atoms with van der Waals surface area (Å²) in [6.07, 6.45) is 0.397. The van der Waals surface area contributed by atoms with Crippen molar-refractivity contribution in [2.75, 3.05) is 0 Å². The summed E-state index contributed by atoms with van der Waals surface area (Å²) >= 11 is 0. The van der Waals surface area contributed by atoms with Crippen molar-refractivity contribution in [3.05, 3.63) is 38.9 Å². The van der Waals surface area contributed by atoms with Crippen LogP contribution in [0.4, 0.5) is 5.69 Å². The van der Waals surface area contributed by atoms with Gasteiger partial charge in [0.2, 0.25) is 0 Å². The molecular formula is C10H8N2O4. The molecule has 1 N–H and O–H groups in total. The van der Waals surface area contributed by atoms with Gasteiger partial charge in [-0.1, -0.05) is 13.0 Å². The predicted molar refractivity (Wildman–Crippen MR) is 54.1 cm³/mol. The second kappa shape index (κ2) is 4.40. The Kier molecular flexibility index (Phi) is 3.20. The van der Waals surface area contributed by atoms with Gasteiger partial charge in [0.1, 0.15) is 11.6 Å². The summed E-state index contributed by atoms with van der Waals surface area (Å²) in [5, 5.41) is 28.4. The third-order valence-corrected chi connectivity index (χ3v) is 2.17. The highest BCUT2D eigenvalue weighted by Crippen LogP contribution is 2.25. The second-order valence-corrected chi connectivity index (χ2v) is 3.02. The molecule has 0 aliphatic rings. The van der Waals surface area contributed by atoms with E-state index in [2.05, 4.69) is 0 Å². The molecule has 6 heteroatoms. The van der Waals surface area contributed by atoms with Crippen molar-refractivity contribution >= 4 is 11.7 Å². The summed E-state index contributed by atoms with van der Waals surface area (Å²) in [5.41, 5.74) is -0.734. The zero-order chi connectivity index (χ0) is 12.3.